The van der Waals surface area contributed by atoms with Crippen molar-refractivity contribution in [1.29, 1.82) is 0 Å². The number of hydrogen-bond donors (Lipinski definition) is 1. The SMILES string of the molecule is O=C(O)Cc1cc(F)c2nc(CN3CCC(Oc4ccc(F)c(COc5ccc(Cl)cc5F)n4)CC3)n(C[C@@H]3CCO3)c2c1. The summed E-state index contributed by atoms with van der Waals surface area (Å²) in [6, 6.07) is 9.58. The molecule has 4 aromatic rings. The van der Waals surface area contributed by atoms with E-state index < -0.39 is 23.4 Å². The van der Waals surface area contributed by atoms with Crippen LogP contribution in [0.4, 0.5) is 13.2 Å². The largest absolute Gasteiger partial charge is 0.484 e. The molecule has 0 radical (unpaired) electrons. The van der Waals surface area contributed by atoms with Gasteiger partial charge >= 0.3 is 5.97 Å². The molecular formula is C31H30ClF3N4O5. The van der Waals surface area contributed by atoms with Crippen molar-refractivity contribution in [2.75, 3.05) is 19.7 Å². The molecule has 6 rings (SSSR count). The maximum absolute atomic E-state index is 15.0. The predicted octanol–water partition coefficient (Wildman–Crippen LogP) is 5.54. The summed E-state index contributed by atoms with van der Waals surface area (Å²) in [6.07, 6.45) is 1.79. The van der Waals surface area contributed by atoms with Gasteiger partial charge in [0.15, 0.2) is 17.4 Å². The second-order valence-corrected chi connectivity index (χ2v) is 11.4. The Morgan fingerprint density at radius 3 is 2.52 bits per heavy atom. The second-order valence-electron chi connectivity index (χ2n) is 11.0. The number of fused-ring (bicyclic) bond motifs is 1. The van der Waals surface area contributed by atoms with Crippen LogP contribution >= 0.6 is 11.6 Å². The third-order valence-electron chi connectivity index (χ3n) is 7.82. The lowest BCUT2D eigenvalue weighted by molar-refractivity contribution is -0.136. The molecule has 2 aromatic heterocycles. The summed E-state index contributed by atoms with van der Waals surface area (Å²) in [5.74, 6) is -1.96. The highest BCUT2D eigenvalue weighted by Crippen LogP contribution is 2.27. The summed E-state index contributed by atoms with van der Waals surface area (Å²) in [6.45, 7) is 2.72. The smallest absolute Gasteiger partial charge is 0.307 e. The average Bonchev–Trinajstić information content (AvgIpc) is 3.29. The molecule has 0 amide bonds. The normalized spacial score (nSPS) is 17.5. The van der Waals surface area contributed by atoms with Crippen molar-refractivity contribution in [2.24, 2.45) is 0 Å². The Balaban J connectivity index is 1.09. The van der Waals surface area contributed by atoms with Gasteiger partial charge in [0.2, 0.25) is 5.88 Å². The fraction of sp³-hybridized carbons (Fsp3) is 0.387. The molecule has 1 atom stereocenters. The third kappa shape index (κ3) is 6.92. The van der Waals surface area contributed by atoms with Crippen LogP contribution < -0.4 is 9.47 Å². The van der Waals surface area contributed by atoms with Crippen LogP contribution in [0.25, 0.3) is 11.0 Å². The van der Waals surface area contributed by atoms with E-state index in [0.29, 0.717) is 62.5 Å². The number of piperidine rings is 1. The molecule has 4 heterocycles. The maximum atomic E-state index is 15.0. The summed E-state index contributed by atoms with van der Waals surface area (Å²) in [5.41, 5.74) is 1.14. The van der Waals surface area contributed by atoms with Gasteiger partial charge in [-0.25, -0.2) is 23.1 Å². The van der Waals surface area contributed by atoms with Gasteiger partial charge in [-0.05, 0) is 61.2 Å². The zero-order chi connectivity index (χ0) is 30.8. The molecule has 2 aliphatic rings. The summed E-state index contributed by atoms with van der Waals surface area (Å²) < 4.78 is 62.5. The number of carboxylic acid groups (broad SMARTS) is 1. The van der Waals surface area contributed by atoms with Gasteiger partial charge in [-0.15, -0.1) is 0 Å². The van der Waals surface area contributed by atoms with Gasteiger partial charge in [-0.2, -0.15) is 0 Å². The molecule has 0 saturated carbocycles. The molecule has 2 fully saturated rings. The van der Waals surface area contributed by atoms with E-state index in [1.807, 2.05) is 4.57 Å². The van der Waals surface area contributed by atoms with E-state index in [-0.39, 0.29) is 53.1 Å². The minimum absolute atomic E-state index is 0.000177. The first-order chi connectivity index (χ1) is 21.2. The van der Waals surface area contributed by atoms with Crippen LogP contribution in [-0.2, 0) is 35.6 Å². The Bertz CT molecular complexity index is 1670. The first-order valence-corrected chi connectivity index (χ1v) is 14.7. The number of imidazole rings is 1. The molecule has 44 heavy (non-hydrogen) atoms. The summed E-state index contributed by atoms with van der Waals surface area (Å²) >= 11 is 5.77. The number of likely N-dealkylation sites (tertiary alicyclic amines) is 1. The lowest BCUT2D eigenvalue weighted by Crippen LogP contribution is -2.39. The fourth-order valence-corrected chi connectivity index (χ4v) is 5.60. The summed E-state index contributed by atoms with van der Waals surface area (Å²) in [4.78, 5) is 22.3. The van der Waals surface area contributed by atoms with Crippen molar-refractivity contribution in [3.8, 4) is 11.6 Å². The summed E-state index contributed by atoms with van der Waals surface area (Å²) in [7, 11) is 0. The molecule has 2 aromatic carbocycles. The van der Waals surface area contributed by atoms with Crippen LogP contribution in [0.1, 0.15) is 36.3 Å². The molecule has 0 unspecified atom stereocenters. The van der Waals surface area contributed by atoms with Gasteiger partial charge in [0, 0.05) is 30.8 Å². The van der Waals surface area contributed by atoms with E-state index in [4.69, 9.17) is 25.8 Å². The van der Waals surface area contributed by atoms with Crippen molar-refractivity contribution in [2.45, 2.75) is 57.6 Å². The second kappa shape index (κ2) is 13.0. The highest BCUT2D eigenvalue weighted by molar-refractivity contribution is 6.30. The average molecular weight is 631 g/mol. The molecule has 2 saturated heterocycles. The van der Waals surface area contributed by atoms with Gasteiger partial charge in [0.1, 0.15) is 35.6 Å². The fourth-order valence-electron chi connectivity index (χ4n) is 5.44. The number of rotatable bonds is 11. The van der Waals surface area contributed by atoms with Crippen molar-refractivity contribution in [3.63, 3.8) is 0 Å². The number of nitrogens with zero attached hydrogens (tertiary/aromatic N) is 4. The number of aromatic nitrogens is 3. The van der Waals surface area contributed by atoms with E-state index in [1.54, 1.807) is 6.07 Å². The zero-order valence-corrected chi connectivity index (χ0v) is 24.4. The van der Waals surface area contributed by atoms with Crippen LogP contribution in [0.3, 0.4) is 0 Å². The van der Waals surface area contributed by atoms with Crippen LogP contribution in [0, 0.1) is 17.5 Å². The highest BCUT2D eigenvalue weighted by Gasteiger charge is 2.27. The molecular weight excluding hydrogens is 601 g/mol. The number of carbonyl (C=O) groups is 1. The number of ether oxygens (including phenoxy) is 3. The van der Waals surface area contributed by atoms with E-state index in [9.17, 15) is 23.1 Å². The van der Waals surface area contributed by atoms with Crippen LogP contribution in [0.15, 0.2) is 42.5 Å². The Morgan fingerprint density at radius 2 is 1.82 bits per heavy atom. The number of benzene rings is 2. The molecule has 0 bridgehead atoms. The third-order valence-corrected chi connectivity index (χ3v) is 8.05. The number of carboxylic acids is 1. The molecule has 0 aliphatic carbocycles. The van der Waals surface area contributed by atoms with Gasteiger partial charge in [-0.1, -0.05) is 11.6 Å². The Kier molecular flexibility index (Phi) is 8.92. The number of hydrogen-bond acceptors (Lipinski definition) is 7. The molecule has 2 aliphatic heterocycles. The molecule has 0 spiro atoms. The Labute approximate surface area is 256 Å². The van der Waals surface area contributed by atoms with Crippen LogP contribution in [0.2, 0.25) is 5.02 Å². The Morgan fingerprint density at radius 1 is 1.02 bits per heavy atom. The van der Waals surface area contributed by atoms with E-state index in [1.165, 1.54) is 30.3 Å². The lowest BCUT2D eigenvalue weighted by atomic mass is 10.1. The molecule has 232 valence electrons. The number of pyridine rings is 1. The molecule has 13 heteroatoms. The quantitative estimate of drug-likeness (QED) is 0.231. The Hall–Kier alpha value is -3.87. The van der Waals surface area contributed by atoms with E-state index in [0.717, 1.165) is 12.5 Å². The van der Waals surface area contributed by atoms with Crippen molar-refractivity contribution < 1.29 is 37.3 Å². The first kappa shape index (κ1) is 30.2. The van der Waals surface area contributed by atoms with Gasteiger partial charge in [0.25, 0.3) is 0 Å². The van der Waals surface area contributed by atoms with E-state index in [2.05, 4.69) is 14.9 Å². The molecule has 1 N–H and O–H groups in total. The maximum Gasteiger partial charge on any atom is 0.307 e. The van der Waals surface area contributed by atoms with Crippen molar-refractivity contribution in [3.05, 3.63) is 82.0 Å². The topological polar surface area (TPSA) is 98.9 Å². The number of aliphatic carboxylic acids is 1. The van der Waals surface area contributed by atoms with Gasteiger partial charge in [-0.3, -0.25) is 9.69 Å². The standard InChI is InChI=1S/C31H30ClF3N4O5/c32-19-1-3-27(23(34)14-19)43-17-25-22(33)2-4-29(36-25)44-20-5-8-38(9-6-20)16-28-37-31-24(35)11-18(13-30(40)41)12-26(31)39(28)15-21-7-10-42-21/h1-4,11-12,14,20-21H,5-10,13,15-17H2,(H,40,41)/t21-/m0/s1. The monoisotopic (exact) mass is 630 g/mol. The van der Waals surface area contributed by atoms with Crippen molar-refractivity contribution in [1.82, 2.24) is 19.4 Å². The number of halogens is 4. The lowest BCUT2D eigenvalue weighted by Gasteiger charge is -2.32. The van der Waals surface area contributed by atoms with Crippen LogP contribution in [-0.4, -0.2) is 62.4 Å². The predicted molar refractivity (Wildman–Crippen MR) is 154 cm³/mol. The first-order valence-electron chi connectivity index (χ1n) is 14.3. The van der Waals surface area contributed by atoms with E-state index >= 15 is 0 Å². The van der Waals surface area contributed by atoms with Crippen LogP contribution in [0.5, 0.6) is 11.6 Å². The molecule has 9 nitrogen and oxygen atoms in total. The van der Waals surface area contributed by atoms with Gasteiger partial charge < -0.3 is 23.9 Å². The zero-order valence-electron chi connectivity index (χ0n) is 23.6. The highest BCUT2D eigenvalue weighted by atomic mass is 35.5. The minimum Gasteiger partial charge on any atom is -0.484 e. The summed E-state index contributed by atoms with van der Waals surface area (Å²) in [5, 5.41) is 9.44. The van der Waals surface area contributed by atoms with Crippen molar-refractivity contribution >= 4 is 28.6 Å². The minimum atomic E-state index is -1.03. The van der Waals surface area contributed by atoms with Gasteiger partial charge in [0.05, 0.1) is 31.1 Å².